The molecule has 2 atom stereocenters. The summed E-state index contributed by atoms with van der Waals surface area (Å²) in [6.45, 7) is 6.29. The van der Waals surface area contributed by atoms with Gasteiger partial charge in [-0.2, -0.15) is 0 Å². The Kier molecular flexibility index (Phi) is 3.68. The molecule has 0 aromatic carbocycles. The summed E-state index contributed by atoms with van der Waals surface area (Å²) in [5.74, 6) is 0.930. The minimum Gasteiger partial charge on any atom is -0.312 e. The van der Waals surface area contributed by atoms with Crippen molar-refractivity contribution < 1.29 is 0 Å². The molecule has 2 aliphatic heterocycles. The molecule has 2 nitrogen and oxygen atoms in total. The minimum absolute atomic E-state index is 0.446. The molecule has 2 aliphatic rings. The average molecular weight is 210 g/mol. The van der Waals surface area contributed by atoms with Crippen LogP contribution in [0.25, 0.3) is 0 Å². The van der Waals surface area contributed by atoms with Gasteiger partial charge in [-0.15, -0.1) is 0 Å². The van der Waals surface area contributed by atoms with Crippen molar-refractivity contribution in [2.75, 3.05) is 26.7 Å². The molecule has 2 fully saturated rings. The maximum Gasteiger partial charge on any atom is 0.0156 e. The number of hydrogen-bond acceptors (Lipinski definition) is 2. The smallest absolute Gasteiger partial charge is 0.0156 e. The van der Waals surface area contributed by atoms with Crippen LogP contribution in [0, 0.1) is 5.92 Å². The van der Waals surface area contributed by atoms with E-state index in [1.165, 1.54) is 58.2 Å². The van der Waals surface area contributed by atoms with E-state index in [0.717, 1.165) is 5.92 Å². The fourth-order valence-corrected chi connectivity index (χ4v) is 3.37. The zero-order valence-electron chi connectivity index (χ0n) is 10.4. The van der Waals surface area contributed by atoms with E-state index in [2.05, 4.69) is 24.2 Å². The van der Waals surface area contributed by atoms with Crippen molar-refractivity contribution in [2.45, 2.75) is 51.0 Å². The van der Waals surface area contributed by atoms with Gasteiger partial charge in [0.05, 0.1) is 0 Å². The molecular formula is C13H26N2. The third kappa shape index (κ3) is 3.18. The van der Waals surface area contributed by atoms with Gasteiger partial charge in [0.2, 0.25) is 0 Å². The van der Waals surface area contributed by atoms with Crippen molar-refractivity contribution in [2.24, 2.45) is 5.92 Å². The number of nitrogens with zero attached hydrogens (tertiary/aromatic N) is 1. The first-order valence-corrected chi connectivity index (χ1v) is 6.62. The third-order valence-electron chi connectivity index (χ3n) is 4.17. The number of hydrogen-bond donors (Lipinski definition) is 1. The molecule has 2 unspecified atom stereocenters. The summed E-state index contributed by atoms with van der Waals surface area (Å²) in [6, 6.07) is 0. The van der Waals surface area contributed by atoms with Crippen LogP contribution >= 0.6 is 0 Å². The van der Waals surface area contributed by atoms with E-state index in [0.29, 0.717) is 5.54 Å². The Morgan fingerprint density at radius 1 is 1.33 bits per heavy atom. The van der Waals surface area contributed by atoms with E-state index in [9.17, 15) is 0 Å². The Balaban J connectivity index is 1.83. The maximum atomic E-state index is 3.74. The van der Waals surface area contributed by atoms with E-state index in [1.54, 1.807) is 0 Å². The molecule has 2 rings (SSSR count). The van der Waals surface area contributed by atoms with E-state index < -0.39 is 0 Å². The van der Waals surface area contributed by atoms with Gasteiger partial charge in [-0.25, -0.2) is 0 Å². The lowest BCUT2D eigenvalue weighted by Crippen LogP contribution is -2.48. The standard InChI is InChI=1S/C13H26N2/c1-13(7-3-4-8-14-13)10-12-6-5-9-15(2)11-12/h12,14H,3-11H2,1-2H3. The van der Waals surface area contributed by atoms with Gasteiger partial charge in [-0.05, 0) is 65.1 Å². The monoisotopic (exact) mass is 210 g/mol. The van der Waals surface area contributed by atoms with Gasteiger partial charge in [0.25, 0.3) is 0 Å². The normalized spacial score (nSPS) is 39.2. The number of likely N-dealkylation sites (tertiary alicyclic amines) is 1. The first kappa shape index (κ1) is 11.4. The van der Waals surface area contributed by atoms with Crippen LogP contribution in [0.15, 0.2) is 0 Å². The van der Waals surface area contributed by atoms with Crippen LogP contribution < -0.4 is 5.32 Å². The van der Waals surface area contributed by atoms with Crippen molar-refractivity contribution in [3.8, 4) is 0 Å². The van der Waals surface area contributed by atoms with Gasteiger partial charge in [-0.1, -0.05) is 6.42 Å². The molecule has 0 aromatic heterocycles. The molecule has 15 heavy (non-hydrogen) atoms. The van der Waals surface area contributed by atoms with E-state index in [4.69, 9.17) is 0 Å². The molecule has 0 spiro atoms. The summed E-state index contributed by atoms with van der Waals surface area (Å²) in [4.78, 5) is 2.50. The van der Waals surface area contributed by atoms with Crippen LogP contribution in [0.5, 0.6) is 0 Å². The van der Waals surface area contributed by atoms with Gasteiger partial charge < -0.3 is 10.2 Å². The lowest BCUT2D eigenvalue weighted by atomic mass is 9.80. The third-order valence-corrected chi connectivity index (χ3v) is 4.17. The van der Waals surface area contributed by atoms with Gasteiger partial charge in [0, 0.05) is 12.1 Å². The van der Waals surface area contributed by atoms with Crippen LogP contribution in [0.1, 0.15) is 45.4 Å². The molecule has 2 heterocycles. The van der Waals surface area contributed by atoms with Gasteiger partial charge in [0.1, 0.15) is 0 Å². The highest BCUT2D eigenvalue weighted by molar-refractivity contribution is 4.89. The molecular weight excluding hydrogens is 184 g/mol. The van der Waals surface area contributed by atoms with Crippen molar-refractivity contribution in [1.29, 1.82) is 0 Å². The Labute approximate surface area is 94.4 Å². The quantitative estimate of drug-likeness (QED) is 0.752. The van der Waals surface area contributed by atoms with Crippen LogP contribution in [-0.2, 0) is 0 Å². The highest BCUT2D eigenvalue weighted by Crippen LogP contribution is 2.30. The first-order chi connectivity index (χ1) is 7.18. The van der Waals surface area contributed by atoms with Crippen LogP contribution in [0.3, 0.4) is 0 Å². The van der Waals surface area contributed by atoms with Crippen molar-refractivity contribution in [3.05, 3.63) is 0 Å². The number of nitrogens with one attached hydrogen (secondary N) is 1. The molecule has 0 saturated carbocycles. The van der Waals surface area contributed by atoms with Crippen molar-refractivity contribution in [1.82, 2.24) is 10.2 Å². The lowest BCUT2D eigenvalue weighted by molar-refractivity contribution is 0.149. The lowest BCUT2D eigenvalue weighted by Gasteiger charge is -2.40. The second-order valence-corrected chi connectivity index (χ2v) is 5.92. The van der Waals surface area contributed by atoms with Gasteiger partial charge in [-0.3, -0.25) is 0 Å². The zero-order chi connectivity index (χ0) is 10.7. The van der Waals surface area contributed by atoms with E-state index in [-0.39, 0.29) is 0 Å². The second-order valence-electron chi connectivity index (χ2n) is 5.92. The first-order valence-electron chi connectivity index (χ1n) is 6.62. The predicted molar refractivity (Wildman–Crippen MR) is 65.1 cm³/mol. The zero-order valence-corrected chi connectivity index (χ0v) is 10.4. The van der Waals surface area contributed by atoms with Crippen LogP contribution in [0.4, 0.5) is 0 Å². The molecule has 0 bridgehead atoms. The van der Waals surface area contributed by atoms with E-state index in [1.807, 2.05) is 0 Å². The SMILES string of the molecule is CN1CCCC(CC2(C)CCCCN2)C1. The highest BCUT2D eigenvalue weighted by Gasteiger charge is 2.30. The molecule has 0 radical (unpaired) electrons. The Hall–Kier alpha value is -0.0800. The fourth-order valence-electron chi connectivity index (χ4n) is 3.37. The molecule has 2 heteroatoms. The summed E-state index contributed by atoms with van der Waals surface area (Å²) in [7, 11) is 2.27. The topological polar surface area (TPSA) is 15.3 Å². The largest absolute Gasteiger partial charge is 0.312 e. The summed E-state index contributed by atoms with van der Waals surface area (Å²) < 4.78 is 0. The Morgan fingerprint density at radius 2 is 2.20 bits per heavy atom. The van der Waals surface area contributed by atoms with Gasteiger partial charge >= 0.3 is 0 Å². The predicted octanol–water partition coefficient (Wildman–Crippen LogP) is 2.25. The number of rotatable bonds is 2. The summed E-state index contributed by atoms with van der Waals surface area (Å²) in [5.41, 5.74) is 0.446. The molecule has 0 aromatic rings. The number of piperidine rings is 2. The molecule has 2 saturated heterocycles. The second kappa shape index (κ2) is 4.84. The maximum absolute atomic E-state index is 3.74. The van der Waals surface area contributed by atoms with Crippen molar-refractivity contribution in [3.63, 3.8) is 0 Å². The highest BCUT2D eigenvalue weighted by atomic mass is 15.1. The molecule has 0 aliphatic carbocycles. The Morgan fingerprint density at radius 3 is 2.87 bits per heavy atom. The molecule has 1 N–H and O–H groups in total. The van der Waals surface area contributed by atoms with Crippen LogP contribution in [0.2, 0.25) is 0 Å². The molecule has 0 amide bonds. The summed E-state index contributed by atoms with van der Waals surface area (Å²) in [5, 5.41) is 3.74. The molecule has 88 valence electrons. The average Bonchev–Trinajstić information content (AvgIpc) is 2.18. The Bertz CT molecular complexity index is 197. The minimum atomic E-state index is 0.446. The fraction of sp³-hybridized carbons (Fsp3) is 1.00. The van der Waals surface area contributed by atoms with Crippen molar-refractivity contribution >= 4 is 0 Å². The van der Waals surface area contributed by atoms with Crippen LogP contribution in [-0.4, -0.2) is 37.1 Å². The van der Waals surface area contributed by atoms with E-state index >= 15 is 0 Å². The summed E-state index contributed by atoms with van der Waals surface area (Å²) in [6.07, 6.45) is 8.41. The summed E-state index contributed by atoms with van der Waals surface area (Å²) >= 11 is 0. The van der Waals surface area contributed by atoms with Gasteiger partial charge in [0.15, 0.2) is 0 Å².